The van der Waals surface area contributed by atoms with Gasteiger partial charge in [-0.3, -0.25) is 4.79 Å². The van der Waals surface area contributed by atoms with Crippen molar-refractivity contribution in [2.75, 3.05) is 17.2 Å². The van der Waals surface area contributed by atoms with E-state index in [9.17, 15) is 4.79 Å². The van der Waals surface area contributed by atoms with Crippen LogP contribution in [-0.2, 0) is 0 Å². The van der Waals surface area contributed by atoms with Crippen molar-refractivity contribution in [1.29, 1.82) is 5.26 Å². The van der Waals surface area contributed by atoms with E-state index in [2.05, 4.69) is 10.6 Å². The second-order valence-corrected chi connectivity index (χ2v) is 4.01. The highest BCUT2D eigenvalue weighted by molar-refractivity contribution is 6.04. The molecule has 19 heavy (non-hydrogen) atoms. The molecule has 0 unspecified atom stereocenters. The van der Waals surface area contributed by atoms with E-state index in [1.807, 2.05) is 25.1 Å². The fourth-order valence-electron chi connectivity index (χ4n) is 1.62. The molecular weight excluding hydrogens is 242 g/mol. The first-order valence-electron chi connectivity index (χ1n) is 5.75. The van der Waals surface area contributed by atoms with Crippen molar-refractivity contribution in [1.82, 2.24) is 0 Å². The van der Waals surface area contributed by atoms with Gasteiger partial charge in [0, 0.05) is 11.4 Å². The van der Waals surface area contributed by atoms with Gasteiger partial charge in [0.25, 0.3) is 5.91 Å². The number of furan rings is 1. The molecule has 1 aromatic heterocycles. The minimum atomic E-state index is -0.233. The molecule has 0 saturated carbocycles. The summed E-state index contributed by atoms with van der Waals surface area (Å²) in [5, 5.41) is 14.3. The van der Waals surface area contributed by atoms with Gasteiger partial charge >= 0.3 is 0 Å². The van der Waals surface area contributed by atoms with Crippen molar-refractivity contribution in [3.8, 4) is 6.07 Å². The van der Waals surface area contributed by atoms with E-state index >= 15 is 0 Å². The molecule has 0 fully saturated rings. The van der Waals surface area contributed by atoms with Crippen LogP contribution in [0.2, 0.25) is 0 Å². The second kappa shape index (κ2) is 5.74. The maximum Gasteiger partial charge on any atom is 0.258 e. The number of hydrogen-bond donors (Lipinski definition) is 2. The van der Waals surface area contributed by atoms with E-state index in [1.54, 1.807) is 12.1 Å². The van der Waals surface area contributed by atoms with E-state index in [0.29, 0.717) is 11.3 Å². The van der Waals surface area contributed by atoms with Gasteiger partial charge in [-0.2, -0.15) is 5.26 Å². The Balaban J connectivity index is 2.13. The third-order valence-electron chi connectivity index (χ3n) is 2.64. The predicted octanol–water partition coefficient (Wildman–Crippen LogP) is 2.78. The average Bonchev–Trinajstić information content (AvgIpc) is 2.93. The summed E-state index contributed by atoms with van der Waals surface area (Å²) in [6.07, 6.45) is 2.84. The van der Waals surface area contributed by atoms with Crippen LogP contribution >= 0.6 is 0 Å². The minimum absolute atomic E-state index is 0.222. The zero-order valence-electron chi connectivity index (χ0n) is 10.4. The van der Waals surface area contributed by atoms with Crippen molar-refractivity contribution >= 4 is 17.3 Å². The molecule has 0 bridgehead atoms. The molecule has 0 aliphatic carbocycles. The molecule has 96 valence electrons. The molecule has 1 aromatic carbocycles. The first-order valence-corrected chi connectivity index (χ1v) is 5.75. The van der Waals surface area contributed by atoms with Gasteiger partial charge in [-0.25, -0.2) is 0 Å². The largest absolute Gasteiger partial charge is 0.472 e. The van der Waals surface area contributed by atoms with Crippen molar-refractivity contribution in [3.63, 3.8) is 0 Å². The highest BCUT2D eigenvalue weighted by Gasteiger charge is 2.08. The lowest BCUT2D eigenvalue weighted by Gasteiger charge is -2.10. The molecule has 5 nitrogen and oxygen atoms in total. The molecule has 0 spiro atoms. The fourth-order valence-corrected chi connectivity index (χ4v) is 1.62. The Hall–Kier alpha value is -2.74. The summed E-state index contributed by atoms with van der Waals surface area (Å²) in [7, 11) is 0. The van der Waals surface area contributed by atoms with E-state index in [-0.39, 0.29) is 12.5 Å². The number of anilines is 2. The lowest BCUT2D eigenvalue weighted by molar-refractivity contribution is 0.102. The standard InChI is InChI=1S/C14H13N3O2/c1-10-2-3-12(8-13(10)16-6-5-15)17-14(18)11-4-7-19-9-11/h2-4,7-9,16H,6H2,1H3,(H,17,18). The van der Waals surface area contributed by atoms with Crippen LogP contribution < -0.4 is 10.6 Å². The highest BCUT2D eigenvalue weighted by Crippen LogP contribution is 2.20. The van der Waals surface area contributed by atoms with Crippen LogP contribution in [0.3, 0.4) is 0 Å². The number of amides is 1. The Labute approximate surface area is 110 Å². The van der Waals surface area contributed by atoms with E-state index < -0.39 is 0 Å². The van der Waals surface area contributed by atoms with Crippen LogP contribution in [0, 0.1) is 18.3 Å². The Kier molecular flexibility index (Phi) is 3.84. The predicted molar refractivity (Wildman–Crippen MR) is 71.9 cm³/mol. The molecular formula is C14H13N3O2. The molecule has 2 aromatic rings. The van der Waals surface area contributed by atoms with Gasteiger partial charge in [0.15, 0.2) is 0 Å². The SMILES string of the molecule is Cc1ccc(NC(=O)c2ccoc2)cc1NCC#N. The molecule has 0 aliphatic rings. The van der Waals surface area contributed by atoms with Gasteiger partial charge in [0.1, 0.15) is 12.8 Å². The molecule has 2 N–H and O–H groups in total. The first kappa shape index (κ1) is 12.7. The second-order valence-electron chi connectivity index (χ2n) is 4.01. The van der Waals surface area contributed by atoms with Gasteiger partial charge < -0.3 is 15.1 Å². The summed E-state index contributed by atoms with van der Waals surface area (Å²) in [5.41, 5.74) is 2.97. The summed E-state index contributed by atoms with van der Waals surface area (Å²) in [4.78, 5) is 11.8. The summed E-state index contributed by atoms with van der Waals surface area (Å²) in [6, 6.07) is 9.10. The molecule has 0 radical (unpaired) electrons. The Bertz CT molecular complexity index is 612. The monoisotopic (exact) mass is 255 g/mol. The number of hydrogen-bond acceptors (Lipinski definition) is 4. The zero-order chi connectivity index (χ0) is 13.7. The number of rotatable bonds is 4. The summed E-state index contributed by atoms with van der Waals surface area (Å²) in [6.45, 7) is 2.15. The summed E-state index contributed by atoms with van der Waals surface area (Å²) in [5.74, 6) is -0.233. The smallest absolute Gasteiger partial charge is 0.258 e. The maximum atomic E-state index is 11.8. The molecule has 5 heteroatoms. The Morgan fingerprint density at radius 1 is 1.42 bits per heavy atom. The molecule has 0 aliphatic heterocycles. The first-order chi connectivity index (χ1) is 9.20. The number of nitriles is 1. The number of carbonyl (C=O) groups excluding carboxylic acids is 1. The number of aryl methyl sites for hydroxylation is 1. The highest BCUT2D eigenvalue weighted by atomic mass is 16.3. The van der Waals surface area contributed by atoms with Crippen LogP contribution in [0.1, 0.15) is 15.9 Å². The van der Waals surface area contributed by atoms with Crippen molar-refractivity contribution in [2.24, 2.45) is 0 Å². The molecule has 0 saturated heterocycles. The summed E-state index contributed by atoms with van der Waals surface area (Å²) < 4.78 is 4.86. The number of nitrogens with zero attached hydrogens (tertiary/aromatic N) is 1. The van der Waals surface area contributed by atoms with Crippen molar-refractivity contribution in [2.45, 2.75) is 6.92 Å². The molecule has 1 heterocycles. The van der Waals surface area contributed by atoms with Gasteiger partial charge in [-0.1, -0.05) is 6.07 Å². The zero-order valence-corrected chi connectivity index (χ0v) is 10.4. The maximum absolute atomic E-state index is 11.8. The van der Waals surface area contributed by atoms with Gasteiger partial charge in [0.2, 0.25) is 0 Å². The van der Waals surface area contributed by atoms with Gasteiger partial charge in [0.05, 0.1) is 17.9 Å². The van der Waals surface area contributed by atoms with E-state index in [1.165, 1.54) is 12.5 Å². The van der Waals surface area contributed by atoms with E-state index in [4.69, 9.17) is 9.68 Å². The van der Waals surface area contributed by atoms with Gasteiger partial charge in [-0.05, 0) is 30.7 Å². The average molecular weight is 255 g/mol. The van der Waals surface area contributed by atoms with Crippen LogP contribution in [0.5, 0.6) is 0 Å². The number of carbonyl (C=O) groups is 1. The molecule has 2 rings (SSSR count). The van der Waals surface area contributed by atoms with Crippen molar-refractivity contribution < 1.29 is 9.21 Å². The lowest BCUT2D eigenvalue weighted by Crippen LogP contribution is -2.11. The topological polar surface area (TPSA) is 78.1 Å². The van der Waals surface area contributed by atoms with Gasteiger partial charge in [-0.15, -0.1) is 0 Å². The quantitative estimate of drug-likeness (QED) is 0.823. The number of benzene rings is 1. The van der Waals surface area contributed by atoms with Crippen LogP contribution in [0.25, 0.3) is 0 Å². The fraction of sp³-hybridized carbons (Fsp3) is 0.143. The number of nitrogens with one attached hydrogen (secondary N) is 2. The van der Waals surface area contributed by atoms with E-state index in [0.717, 1.165) is 11.3 Å². The third-order valence-corrected chi connectivity index (χ3v) is 2.64. The van der Waals surface area contributed by atoms with Crippen LogP contribution in [0.15, 0.2) is 41.2 Å². The van der Waals surface area contributed by atoms with Crippen LogP contribution in [-0.4, -0.2) is 12.5 Å². The Morgan fingerprint density at radius 3 is 2.95 bits per heavy atom. The van der Waals surface area contributed by atoms with Crippen LogP contribution in [0.4, 0.5) is 11.4 Å². The lowest BCUT2D eigenvalue weighted by atomic mass is 10.1. The summed E-state index contributed by atoms with van der Waals surface area (Å²) >= 11 is 0. The normalized spacial score (nSPS) is 9.68. The molecule has 0 atom stereocenters. The molecule has 1 amide bonds. The third kappa shape index (κ3) is 3.13. The van der Waals surface area contributed by atoms with Crippen molar-refractivity contribution in [3.05, 3.63) is 47.9 Å². The minimum Gasteiger partial charge on any atom is -0.472 e. The Morgan fingerprint density at radius 2 is 2.26 bits per heavy atom.